The van der Waals surface area contributed by atoms with Gasteiger partial charge in [0, 0.05) is 20.0 Å². The third-order valence-corrected chi connectivity index (χ3v) is 5.94. The van der Waals surface area contributed by atoms with Crippen molar-refractivity contribution in [2.45, 2.75) is 63.4 Å². The first-order chi connectivity index (χ1) is 15.3. The van der Waals surface area contributed by atoms with Crippen molar-refractivity contribution >= 4 is 17.8 Å². The van der Waals surface area contributed by atoms with Crippen LogP contribution in [0.4, 0.5) is 0 Å². The van der Waals surface area contributed by atoms with Gasteiger partial charge in [-0.05, 0) is 62.1 Å². The van der Waals surface area contributed by atoms with Crippen LogP contribution in [0.15, 0.2) is 35.6 Å². The Morgan fingerprint density at radius 2 is 1.75 bits per heavy atom. The molecule has 2 saturated carbocycles. The molecule has 1 heterocycles. The Balaban J connectivity index is 0.000000181. The molecule has 8 nitrogen and oxygen atoms in total. The van der Waals surface area contributed by atoms with E-state index in [0.717, 1.165) is 11.7 Å². The second-order valence-electron chi connectivity index (χ2n) is 8.60. The number of aliphatic hydroxyl groups is 1. The van der Waals surface area contributed by atoms with Crippen molar-refractivity contribution in [2.75, 3.05) is 20.1 Å². The number of aliphatic carboxylic acids is 1. The molecule has 4 rings (SSSR count). The number of nitrogens with zero attached hydrogens (tertiary/aromatic N) is 1. The Hall–Kier alpha value is -3.03. The lowest BCUT2D eigenvalue weighted by atomic mass is 9.98. The fourth-order valence-corrected chi connectivity index (χ4v) is 3.90. The average molecular weight is 445 g/mol. The topological polar surface area (TPSA) is 116 Å². The quantitative estimate of drug-likeness (QED) is 0.581. The van der Waals surface area contributed by atoms with E-state index >= 15 is 0 Å². The maximum absolute atomic E-state index is 11.5. The monoisotopic (exact) mass is 444 g/mol. The standard InChI is InChI=1S/C15H20O.C9H12N2O5/c1-2-4-14(5-3-1)16-15-10-8-13(9-11-15)12-6-7-12;1-11-3-2-5(12)7(9(11)16)8(15)10-4-6(13)14/h8-12,14H,1-7H2;12H,2-4H2,1H3,(H,10,15)(H,13,14). The molecule has 0 radical (unpaired) electrons. The lowest BCUT2D eigenvalue weighted by Crippen LogP contribution is -2.41. The maximum atomic E-state index is 11.5. The molecule has 2 amide bonds. The number of aliphatic hydroxyl groups excluding tert-OH is 1. The minimum Gasteiger partial charge on any atom is -0.511 e. The highest BCUT2D eigenvalue weighted by molar-refractivity contribution is 6.19. The van der Waals surface area contributed by atoms with Crippen LogP contribution < -0.4 is 10.1 Å². The van der Waals surface area contributed by atoms with Crippen LogP contribution in [0.25, 0.3) is 0 Å². The summed E-state index contributed by atoms with van der Waals surface area (Å²) in [6, 6.07) is 8.80. The number of hydrogen-bond acceptors (Lipinski definition) is 5. The fraction of sp³-hybridized carbons (Fsp3) is 0.542. The highest BCUT2D eigenvalue weighted by Gasteiger charge is 2.30. The third-order valence-electron chi connectivity index (χ3n) is 5.94. The van der Waals surface area contributed by atoms with Gasteiger partial charge in [0.1, 0.15) is 23.6 Å². The molecule has 0 saturated heterocycles. The summed E-state index contributed by atoms with van der Waals surface area (Å²) in [5.41, 5.74) is 1.12. The van der Waals surface area contributed by atoms with Gasteiger partial charge >= 0.3 is 5.97 Å². The highest BCUT2D eigenvalue weighted by Crippen LogP contribution is 2.40. The van der Waals surface area contributed by atoms with E-state index in [2.05, 4.69) is 24.3 Å². The smallest absolute Gasteiger partial charge is 0.322 e. The molecule has 0 atom stereocenters. The van der Waals surface area contributed by atoms with Crippen LogP contribution in [0, 0.1) is 0 Å². The summed E-state index contributed by atoms with van der Waals surface area (Å²) in [6.45, 7) is -0.257. The van der Waals surface area contributed by atoms with Crippen LogP contribution in [0.3, 0.4) is 0 Å². The van der Waals surface area contributed by atoms with Gasteiger partial charge in [-0.15, -0.1) is 0 Å². The third kappa shape index (κ3) is 6.73. The molecule has 3 aliphatic rings. The summed E-state index contributed by atoms with van der Waals surface area (Å²) in [4.78, 5) is 34.5. The molecular formula is C24H32N2O6. The van der Waals surface area contributed by atoms with Crippen molar-refractivity contribution in [3.63, 3.8) is 0 Å². The first-order valence-electron chi connectivity index (χ1n) is 11.3. The minimum atomic E-state index is -1.22. The van der Waals surface area contributed by atoms with Gasteiger partial charge in [0.2, 0.25) is 0 Å². The number of rotatable bonds is 6. The van der Waals surface area contributed by atoms with Crippen molar-refractivity contribution in [1.29, 1.82) is 0 Å². The van der Waals surface area contributed by atoms with Crippen LogP contribution in [-0.4, -0.2) is 59.1 Å². The van der Waals surface area contributed by atoms with Crippen LogP contribution in [0.5, 0.6) is 5.75 Å². The van der Waals surface area contributed by atoms with Gasteiger partial charge in [-0.3, -0.25) is 14.4 Å². The fourth-order valence-electron chi connectivity index (χ4n) is 3.90. The first kappa shape index (κ1) is 23.6. The minimum absolute atomic E-state index is 0.193. The van der Waals surface area contributed by atoms with E-state index in [0.29, 0.717) is 12.6 Å². The molecule has 0 aromatic heterocycles. The van der Waals surface area contributed by atoms with Gasteiger partial charge in [-0.2, -0.15) is 0 Å². The molecule has 1 aliphatic heterocycles. The summed E-state index contributed by atoms with van der Waals surface area (Å²) in [6.07, 6.45) is 9.97. The Bertz CT molecular complexity index is 854. The number of carbonyl (C=O) groups is 3. The van der Waals surface area contributed by atoms with Gasteiger partial charge in [0.05, 0.1) is 6.10 Å². The molecule has 3 N–H and O–H groups in total. The number of benzene rings is 1. The Kier molecular flexibility index (Phi) is 8.14. The predicted octanol–water partition coefficient (Wildman–Crippen LogP) is 3.14. The predicted molar refractivity (Wildman–Crippen MR) is 118 cm³/mol. The van der Waals surface area contributed by atoms with Crippen molar-refractivity contribution in [1.82, 2.24) is 10.2 Å². The lowest BCUT2D eigenvalue weighted by Gasteiger charge is -2.23. The molecule has 1 aromatic carbocycles. The molecule has 8 heteroatoms. The SMILES string of the molecule is CN1CCC(O)=C(C(=O)NCC(=O)O)C1=O.c1cc(C2CC2)ccc1OC1CCCCC1. The zero-order valence-electron chi connectivity index (χ0n) is 18.5. The normalized spacial score (nSPS) is 19.2. The molecule has 2 fully saturated rings. The number of amides is 2. The summed E-state index contributed by atoms with van der Waals surface area (Å²) in [5, 5.41) is 19.8. The van der Waals surface area contributed by atoms with Gasteiger partial charge in [0.15, 0.2) is 0 Å². The number of ether oxygens (including phenoxy) is 1. The lowest BCUT2D eigenvalue weighted by molar-refractivity contribution is -0.138. The number of carbonyl (C=O) groups excluding carboxylic acids is 2. The van der Waals surface area contributed by atoms with Gasteiger partial charge in [-0.25, -0.2) is 0 Å². The van der Waals surface area contributed by atoms with E-state index in [4.69, 9.17) is 9.84 Å². The largest absolute Gasteiger partial charge is 0.511 e. The molecule has 0 bridgehead atoms. The molecule has 0 spiro atoms. The second-order valence-corrected chi connectivity index (χ2v) is 8.60. The molecule has 0 unspecified atom stereocenters. The van der Waals surface area contributed by atoms with Crippen molar-refractivity contribution in [3.8, 4) is 5.75 Å². The van der Waals surface area contributed by atoms with E-state index in [1.54, 1.807) is 0 Å². The van der Waals surface area contributed by atoms with Crippen LogP contribution in [-0.2, 0) is 14.4 Å². The Morgan fingerprint density at radius 3 is 2.34 bits per heavy atom. The van der Waals surface area contributed by atoms with Crippen molar-refractivity contribution < 1.29 is 29.3 Å². The number of carboxylic acids is 1. The van der Waals surface area contributed by atoms with Crippen molar-refractivity contribution in [3.05, 3.63) is 41.2 Å². The zero-order chi connectivity index (χ0) is 23.1. The van der Waals surface area contributed by atoms with Crippen molar-refractivity contribution in [2.24, 2.45) is 0 Å². The first-order valence-corrected chi connectivity index (χ1v) is 11.3. The summed E-state index contributed by atoms with van der Waals surface area (Å²) in [5.74, 6) is -1.07. The van der Waals surface area contributed by atoms with Gasteiger partial charge < -0.3 is 25.2 Å². The Morgan fingerprint density at radius 1 is 1.09 bits per heavy atom. The summed E-state index contributed by atoms with van der Waals surface area (Å²) in [7, 11) is 1.50. The molecule has 2 aliphatic carbocycles. The average Bonchev–Trinajstić information content (AvgIpc) is 3.62. The highest BCUT2D eigenvalue weighted by atomic mass is 16.5. The van der Waals surface area contributed by atoms with E-state index < -0.39 is 24.3 Å². The van der Waals surface area contributed by atoms with Crippen LogP contribution >= 0.6 is 0 Å². The number of carboxylic acid groups (broad SMARTS) is 1. The number of nitrogens with one attached hydrogen (secondary N) is 1. The van der Waals surface area contributed by atoms with Crippen LogP contribution in [0.1, 0.15) is 62.8 Å². The van der Waals surface area contributed by atoms with E-state index in [1.807, 2.05) is 5.32 Å². The van der Waals surface area contributed by atoms with E-state index in [9.17, 15) is 19.5 Å². The zero-order valence-corrected chi connectivity index (χ0v) is 18.5. The molecule has 32 heavy (non-hydrogen) atoms. The second kappa shape index (κ2) is 11.0. The molecular weight excluding hydrogens is 412 g/mol. The van der Waals surface area contributed by atoms with E-state index in [-0.39, 0.29) is 17.8 Å². The number of hydrogen-bond donors (Lipinski definition) is 3. The van der Waals surface area contributed by atoms with Gasteiger partial charge in [-0.1, -0.05) is 18.6 Å². The Labute approximate surface area is 188 Å². The summed E-state index contributed by atoms with van der Waals surface area (Å²) >= 11 is 0. The molecule has 1 aromatic rings. The van der Waals surface area contributed by atoms with Gasteiger partial charge in [0.25, 0.3) is 11.8 Å². The maximum Gasteiger partial charge on any atom is 0.322 e. The number of likely N-dealkylation sites (N-methyl/N-ethyl adjacent to an activating group) is 1. The molecule has 174 valence electrons. The van der Waals surface area contributed by atoms with E-state index in [1.165, 1.54) is 62.5 Å². The van der Waals surface area contributed by atoms with Crippen LogP contribution in [0.2, 0.25) is 0 Å². The summed E-state index contributed by atoms with van der Waals surface area (Å²) < 4.78 is 6.01.